The van der Waals surface area contributed by atoms with Crippen LogP contribution in [0.3, 0.4) is 0 Å². The van der Waals surface area contributed by atoms with Crippen LogP contribution < -0.4 is 9.47 Å². The maximum Gasteiger partial charge on any atom is 0.337 e. The van der Waals surface area contributed by atoms with Crippen LogP contribution in [0, 0.1) is 0 Å². The molecule has 1 N–H and O–H groups in total. The van der Waals surface area contributed by atoms with Gasteiger partial charge in [0.05, 0.1) is 24.3 Å². The number of carbonyl (C=O) groups is 3. The van der Waals surface area contributed by atoms with Crippen LogP contribution in [-0.2, 0) is 14.3 Å². The van der Waals surface area contributed by atoms with E-state index >= 15 is 0 Å². The number of carbonyl (C=O) groups excluding carboxylic acids is 3. The number of aliphatic hydroxyl groups excluding tert-OH is 1. The topological polar surface area (TPSA) is 106 Å². The molecule has 1 saturated heterocycles. The van der Waals surface area contributed by atoms with Gasteiger partial charge in [-0.2, -0.15) is 0 Å². The van der Waals surface area contributed by atoms with Gasteiger partial charge in [0, 0.05) is 18.7 Å². The molecule has 9 nitrogen and oxygen atoms in total. The van der Waals surface area contributed by atoms with Gasteiger partial charge in [-0.1, -0.05) is 26.0 Å². The summed E-state index contributed by atoms with van der Waals surface area (Å²) >= 11 is 0. The third kappa shape index (κ3) is 4.79. The molecule has 1 unspecified atom stereocenters. The first-order chi connectivity index (χ1) is 17.4. The second-order valence-corrected chi connectivity index (χ2v) is 8.49. The summed E-state index contributed by atoms with van der Waals surface area (Å²) < 4.78 is 15.9. The summed E-state index contributed by atoms with van der Waals surface area (Å²) in [6.45, 7) is 7.34. The zero-order valence-corrected chi connectivity index (χ0v) is 20.7. The van der Waals surface area contributed by atoms with Crippen molar-refractivity contribution in [1.29, 1.82) is 0 Å². The molecule has 1 fully saturated rings. The van der Waals surface area contributed by atoms with Crippen LogP contribution in [-0.4, -0.2) is 79.1 Å². The first kappa shape index (κ1) is 25.2. The van der Waals surface area contributed by atoms with Crippen molar-refractivity contribution in [1.82, 2.24) is 9.80 Å². The molecule has 190 valence electrons. The number of hydrogen-bond acceptors (Lipinski definition) is 8. The molecule has 0 aliphatic carbocycles. The SMILES string of the molecule is CCN(CC)CCN1C(=O)C(=O)/C(=C(/O)c2ccc3c(c2)OCCO3)C1c1ccc(C(=O)OC)cc1. The molecule has 0 aromatic heterocycles. The van der Waals surface area contributed by atoms with E-state index < -0.39 is 23.7 Å². The van der Waals surface area contributed by atoms with Gasteiger partial charge in [-0.15, -0.1) is 0 Å². The molecule has 4 rings (SSSR count). The van der Waals surface area contributed by atoms with E-state index in [0.717, 1.165) is 13.1 Å². The fraction of sp³-hybridized carbons (Fsp3) is 0.370. The first-order valence-electron chi connectivity index (χ1n) is 12.0. The largest absolute Gasteiger partial charge is 0.507 e. The molecule has 1 amide bonds. The van der Waals surface area contributed by atoms with E-state index in [2.05, 4.69) is 4.90 Å². The van der Waals surface area contributed by atoms with Crippen LogP contribution in [0.25, 0.3) is 5.76 Å². The van der Waals surface area contributed by atoms with Gasteiger partial charge in [0.1, 0.15) is 19.0 Å². The maximum atomic E-state index is 13.3. The molecule has 0 bridgehead atoms. The van der Waals surface area contributed by atoms with E-state index in [1.165, 1.54) is 12.0 Å². The van der Waals surface area contributed by atoms with E-state index in [1.54, 1.807) is 42.5 Å². The van der Waals surface area contributed by atoms with Gasteiger partial charge < -0.3 is 29.1 Å². The third-order valence-electron chi connectivity index (χ3n) is 6.55. The Bertz CT molecular complexity index is 1190. The van der Waals surface area contributed by atoms with Gasteiger partial charge in [0.15, 0.2) is 11.5 Å². The Labute approximate surface area is 209 Å². The van der Waals surface area contributed by atoms with E-state index in [-0.39, 0.29) is 11.3 Å². The summed E-state index contributed by atoms with van der Waals surface area (Å²) in [6.07, 6.45) is 0. The summed E-state index contributed by atoms with van der Waals surface area (Å²) in [5, 5.41) is 11.3. The lowest BCUT2D eigenvalue weighted by molar-refractivity contribution is -0.140. The van der Waals surface area contributed by atoms with Crippen molar-refractivity contribution in [3.05, 3.63) is 64.7 Å². The average molecular weight is 495 g/mol. The molecule has 0 radical (unpaired) electrons. The Kier molecular flexibility index (Phi) is 7.59. The average Bonchev–Trinajstić information content (AvgIpc) is 3.17. The van der Waals surface area contributed by atoms with Crippen molar-refractivity contribution in [3.8, 4) is 11.5 Å². The van der Waals surface area contributed by atoms with Gasteiger partial charge in [-0.25, -0.2) is 4.79 Å². The fourth-order valence-electron chi connectivity index (χ4n) is 4.51. The zero-order chi connectivity index (χ0) is 25.8. The molecule has 2 aliphatic heterocycles. The van der Waals surface area contributed by atoms with E-state index in [9.17, 15) is 19.5 Å². The molecular formula is C27H30N2O7. The molecule has 1 atom stereocenters. The predicted octanol–water partition coefficient (Wildman–Crippen LogP) is 3.01. The van der Waals surface area contributed by atoms with Crippen molar-refractivity contribution >= 4 is 23.4 Å². The first-order valence-corrected chi connectivity index (χ1v) is 12.0. The molecule has 0 spiro atoms. The summed E-state index contributed by atoms with van der Waals surface area (Å²) in [4.78, 5) is 42.0. The van der Waals surface area contributed by atoms with E-state index in [4.69, 9.17) is 14.2 Å². The Hall–Kier alpha value is -3.85. The van der Waals surface area contributed by atoms with Gasteiger partial charge >= 0.3 is 5.97 Å². The summed E-state index contributed by atoms with van der Waals surface area (Å²) in [6, 6.07) is 10.6. The minimum atomic E-state index is -0.819. The Morgan fingerprint density at radius 1 is 1.03 bits per heavy atom. The number of Topliss-reactive ketones (excluding diaryl/α,β-unsaturated/α-hetero) is 1. The summed E-state index contributed by atoms with van der Waals surface area (Å²) in [5.74, 6) is -1.22. The van der Waals surface area contributed by atoms with Gasteiger partial charge in [-0.05, 0) is 49.0 Å². The van der Waals surface area contributed by atoms with Crippen molar-refractivity contribution in [2.24, 2.45) is 0 Å². The van der Waals surface area contributed by atoms with Crippen LogP contribution in [0.4, 0.5) is 0 Å². The van der Waals surface area contributed by atoms with Crippen molar-refractivity contribution < 1.29 is 33.7 Å². The number of methoxy groups -OCH3 is 1. The summed E-state index contributed by atoms with van der Waals surface area (Å²) in [7, 11) is 1.30. The van der Waals surface area contributed by atoms with Gasteiger partial charge in [0.2, 0.25) is 0 Å². The van der Waals surface area contributed by atoms with E-state index in [1.807, 2.05) is 13.8 Å². The van der Waals surface area contributed by atoms with Crippen LogP contribution in [0.15, 0.2) is 48.0 Å². The smallest absolute Gasteiger partial charge is 0.337 e. The highest BCUT2D eigenvalue weighted by Gasteiger charge is 2.46. The lowest BCUT2D eigenvalue weighted by Gasteiger charge is -2.28. The van der Waals surface area contributed by atoms with Crippen LogP contribution in [0.1, 0.15) is 41.4 Å². The molecule has 2 aromatic rings. The Morgan fingerprint density at radius 3 is 2.31 bits per heavy atom. The highest BCUT2D eigenvalue weighted by Crippen LogP contribution is 2.41. The summed E-state index contributed by atoms with van der Waals surface area (Å²) in [5.41, 5.74) is 1.27. The number of amides is 1. The number of benzene rings is 2. The number of ketones is 1. The minimum Gasteiger partial charge on any atom is -0.507 e. The third-order valence-corrected chi connectivity index (χ3v) is 6.55. The molecule has 2 heterocycles. The van der Waals surface area contributed by atoms with Crippen molar-refractivity contribution in [2.45, 2.75) is 19.9 Å². The molecule has 9 heteroatoms. The van der Waals surface area contributed by atoms with Gasteiger partial charge in [-0.3, -0.25) is 9.59 Å². The number of likely N-dealkylation sites (N-methyl/N-ethyl adjacent to an activating group) is 1. The zero-order valence-electron chi connectivity index (χ0n) is 20.7. The Balaban J connectivity index is 1.78. The second-order valence-electron chi connectivity index (χ2n) is 8.49. The number of nitrogens with zero attached hydrogens (tertiary/aromatic N) is 2. The minimum absolute atomic E-state index is 0.0120. The number of aliphatic hydroxyl groups is 1. The number of esters is 1. The monoisotopic (exact) mass is 494 g/mol. The second kappa shape index (κ2) is 10.8. The lowest BCUT2D eigenvalue weighted by atomic mass is 9.94. The maximum absolute atomic E-state index is 13.3. The number of likely N-dealkylation sites (tertiary alicyclic amines) is 1. The number of fused-ring (bicyclic) bond motifs is 1. The Morgan fingerprint density at radius 2 is 1.67 bits per heavy atom. The predicted molar refractivity (Wildman–Crippen MR) is 132 cm³/mol. The van der Waals surface area contributed by atoms with E-state index in [0.29, 0.717) is 54.5 Å². The number of ether oxygens (including phenoxy) is 3. The highest BCUT2D eigenvalue weighted by atomic mass is 16.6. The normalized spacial score (nSPS) is 18.6. The van der Waals surface area contributed by atoms with Crippen LogP contribution >= 0.6 is 0 Å². The molecule has 36 heavy (non-hydrogen) atoms. The molecule has 2 aliphatic rings. The van der Waals surface area contributed by atoms with Gasteiger partial charge in [0.25, 0.3) is 11.7 Å². The number of rotatable bonds is 8. The fourth-order valence-corrected chi connectivity index (χ4v) is 4.51. The van der Waals surface area contributed by atoms with Crippen LogP contribution in [0.2, 0.25) is 0 Å². The standard InChI is InChI=1S/C27H30N2O7/c1-4-28(5-2)12-13-29-23(17-6-8-18(9-7-17)27(33)34-3)22(25(31)26(29)32)24(30)19-10-11-20-21(16-19)36-15-14-35-20/h6-11,16,23,30H,4-5,12-15H2,1-3H3/b24-22+. The van der Waals surface area contributed by atoms with Crippen molar-refractivity contribution in [3.63, 3.8) is 0 Å². The number of hydrogen-bond donors (Lipinski definition) is 1. The molecular weight excluding hydrogens is 464 g/mol. The highest BCUT2D eigenvalue weighted by molar-refractivity contribution is 6.46. The molecule has 2 aromatic carbocycles. The molecule has 0 saturated carbocycles. The lowest BCUT2D eigenvalue weighted by Crippen LogP contribution is -2.38. The van der Waals surface area contributed by atoms with Crippen LogP contribution in [0.5, 0.6) is 11.5 Å². The quantitative estimate of drug-likeness (QED) is 0.258. The van der Waals surface area contributed by atoms with Crippen molar-refractivity contribution in [2.75, 3.05) is 46.5 Å².